The van der Waals surface area contributed by atoms with Crippen molar-refractivity contribution in [3.05, 3.63) is 0 Å². The number of carbonyl (C=O) groups excluding carboxylic acids is 4. The van der Waals surface area contributed by atoms with Gasteiger partial charge in [0.2, 0.25) is 0 Å². The summed E-state index contributed by atoms with van der Waals surface area (Å²) in [7, 11) is -9.92. The summed E-state index contributed by atoms with van der Waals surface area (Å²) in [6, 6.07) is 0. The summed E-state index contributed by atoms with van der Waals surface area (Å²) in [5.41, 5.74) is 0. The molecule has 0 rings (SSSR count). The molecule has 3 N–H and O–H groups in total. The first-order valence-electron chi connectivity index (χ1n) is 42.3. The minimum absolute atomic E-state index is 0.109. The molecule has 19 heteroatoms. The van der Waals surface area contributed by atoms with E-state index >= 15 is 0 Å². The van der Waals surface area contributed by atoms with Gasteiger partial charge in [0.1, 0.15) is 19.3 Å². The van der Waals surface area contributed by atoms with Gasteiger partial charge in [0.25, 0.3) is 0 Å². The Kier molecular flexibility index (Phi) is 73.8. The van der Waals surface area contributed by atoms with Crippen molar-refractivity contribution in [2.45, 2.75) is 457 Å². The van der Waals surface area contributed by atoms with Crippen molar-refractivity contribution in [2.24, 2.45) is 0 Å². The number of hydrogen-bond acceptors (Lipinski definition) is 15. The van der Waals surface area contributed by atoms with Gasteiger partial charge >= 0.3 is 39.5 Å². The molecule has 0 aromatic rings. The topological polar surface area (TPSA) is 237 Å². The molecule has 0 aliphatic rings. The molecule has 0 bridgehead atoms. The number of ether oxygens (including phenoxy) is 4. The van der Waals surface area contributed by atoms with E-state index in [1.54, 1.807) is 0 Å². The zero-order valence-corrected chi connectivity index (χ0v) is 67.0. The minimum Gasteiger partial charge on any atom is -0.462 e. The number of hydrogen-bond donors (Lipinski definition) is 3. The number of rotatable bonds is 82. The SMILES string of the molecule is CCCCCCCCCCCCCCCCCCCCCC(=O)O[C@H](COC(=O)CCCCCCCCCCCCCCCCCC)COP(=O)(O)OC[C@@H](O)COP(=O)(O)OC[C@@H](COC(=O)CCCCCCCCCCC)OC(=O)CCCCCCCCCCCCCCCCCC. The smallest absolute Gasteiger partial charge is 0.462 e. The summed E-state index contributed by atoms with van der Waals surface area (Å²) in [5.74, 6) is -2.10. The second kappa shape index (κ2) is 75.3. The zero-order valence-electron chi connectivity index (χ0n) is 65.2. The molecule has 5 atom stereocenters. The molecule has 0 saturated carbocycles. The highest BCUT2D eigenvalue weighted by Gasteiger charge is 2.30. The maximum absolute atomic E-state index is 13.1. The highest BCUT2D eigenvalue weighted by atomic mass is 31.2. The third kappa shape index (κ3) is 74.3. The third-order valence-corrected chi connectivity index (χ3v) is 21.0. The van der Waals surface area contributed by atoms with Crippen molar-refractivity contribution >= 4 is 39.5 Å². The zero-order chi connectivity index (χ0) is 73.2. The summed E-state index contributed by atoms with van der Waals surface area (Å²) < 4.78 is 68.7. The molecule has 0 radical (unpaired) electrons. The van der Waals surface area contributed by atoms with Gasteiger partial charge in [0, 0.05) is 25.7 Å². The Morgan fingerprint density at radius 1 is 0.240 bits per heavy atom. The van der Waals surface area contributed by atoms with Crippen molar-refractivity contribution in [1.29, 1.82) is 0 Å². The summed E-state index contributed by atoms with van der Waals surface area (Å²) in [5, 5.41) is 10.6. The van der Waals surface area contributed by atoms with Crippen molar-refractivity contribution in [3.8, 4) is 0 Å². The van der Waals surface area contributed by atoms with Crippen molar-refractivity contribution in [1.82, 2.24) is 0 Å². The fourth-order valence-electron chi connectivity index (χ4n) is 12.6. The van der Waals surface area contributed by atoms with E-state index in [2.05, 4.69) is 27.7 Å². The number of phosphoric acid groups is 2. The Labute approximate surface area is 613 Å². The first kappa shape index (κ1) is 98.1. The molecule has 17 nitrogen and oxygen atoms in total. The Hall–Kier alpha value is -1.94. The van der Waals surface area contributed by atoms with E-state index in [0.717, 1.165) is 89.9 Å². The van der Waals surface area contributed by atoms with E-state index in [0.29, 0.717) is 25.7 Å². The van der Waals surface area contributed by atoms with Gasteiger partial charge in [-0.2, -0.15) is 0 Å². The van der Waals surface area contributed by atoms with Crippen LogP contribution in [0.15, 0.2) is 0 Å². The van der Waals surface area contributed by atoms with Crippen molar-refractivity contribution < 1.29 is 80.2 Å². The third-order valence-electron chi connectivity index (χ3n) is 19.1. The van der Waals surface area contributed by atoms with Gasteiger partial charge in [0.05, 0.1) is 26.4 Å². The fourth-order valence-corrected chi connectivity index (χ4v) is 14.2. The van der Waals surface area contributed by atoms with Gasteiger partial charge < -0.3 is 33.8 Å². The molecule has 0 saturated heterocycles. The van der Waals surface area contributed by atoms with Crippen LogP contribution < -0.4 is 0 Å². The molecule has 0 heterocycles. The molecule has 0 aliphatic heterocycles. The van der Waals surface area contributed by atoms with Crippen LogP contribution in [0.1, 0.15) is 439 Å². The predicted octanol–water partition coefficient (Wildman–Crippen LogP) is 24.6. The van der Waals surface area contributed by atoms with Crippen LogP contribution in [0.25, 0.3) is 0 Å². The number of unbranched alkanes of at least 4 members (excludes halogenated alkanes) is 56. The van der Waals surface area contributed by atoms with Gasteiger partial charge in [-0.1, -0.05) is 387 Å². The number of esters is 4. The van der Waals surface area contributed by atoms with E-state index in [1.165, 1.54) is 270 Å². The molecule has 100 heavy (non-hydrogen) atoms. The minimum atomic E-state index is -4.96. The van der Waals surface area contributed by atoms with E-state index in [-0.39, 0.29) is 25.7 Å². The second-order valence-electron chi connectivity index (χ2n) is 29.2. The van der Waals surface area contributed by atoms with Gasteiger partial charge in [-0.05, 0) is 25.7 Å². The molecule has 594 valence electrons. The Morgan fingerprint density at radius 3 is 0.590 bits per heavy atom. The molecule has 0 fully saturated rings. The molecule has 0 spiro atoms. The highest BCUT2D eigenvalue weighted by molar-refractivity contribution is 7.47. The molecule has 2 unspecified atom stereocenters. The number of phosphoric ester groups is 2. The highest BCUT2D eigenvalue weighted by Crippen LogP contribution is 2.45. The first-order chi connectivity index (χ1) is 48.7. The van der Waals surface area contributed by atoms with Crippen LogP contribution in [0.5, 0.6) is 0 Å². The normalized spacial score (nSPS) is 13.8. The van der Waals surface area contributed by atoms with E-state index in [9.17, 15) is 43.2 Å². The van der Waals surface area contributed by atoms with Crippen molar-refractivity contribution in [3.63, 3.8) is 0 Å². The second-order valence-corrected chi connectivity index (χ2v) is 32.1. The van der Waals surface area contributed by atoms with E-state index in [1.807, 2.05) is 0 Å². The van der Waals surface area contributed by atoms with Crippen LogP contribution in [0.2, 0.25) is 0 Å². The van der Waals surface area contributed by atoms with Gasteiger partial charge in [-0.15, -0.1) is 0 Å². The van der Waals surface area contributed by atoms with Crippen LogP contribution >= 0.6 is 15.6 Å². The fraction of sp³-hybridized carbons (Fsp3) is 0.951. The van der Waals surface area contributed by atoms with E-state index in [4.69, 9.17) is 37.0 Å². The first-order valence-corrected chi connectivity index (χ1v) is 45.3. The van der Waals surface area contributed by atoms with Gasteiger partial charge in [0.15, 0.2) is 12.2 Å². The summed E-state index contributed by atoms with van der Waals surface area (Å²) >= 11 is 0. The quantitative estimate of drug-likeness (QED) is 0.0222. The Morgan fingerprint density at radius 2 is 0.400 bits per heavy atom. The summed E-state index contributed by atoms with van der Waals surface area (Å²) in [6.45, 7) is 5.02. The van der Waals surface area contributed by atoms with Crippen LogP contribution in [0, 0.1) is 0 Å². The van der Waals surface area contributed by atoms with Crippen molar-refractivity contribution in [2.75, 3.05) is 39.6 Å². The molecule has 0 aromatic heterocycles. The lowest BCUT2D eigenvalue weighted by atomic mass is 10.0. The average molecular weight is 1470 g/mol. The number of carbonyl (C=O) groups is 4. The van der Waals surface area contributed by atoms with Crippen LogP contribution in [-0.4, -0.2) is 96.7 Å². The molecular formula is C81H158O17P2. The lowest BCUT2D eigenvalue weighted by Crippen LogP contribution is -2.30. The average Bonchev–Trinajstić information content (AvgIpc) is 0.941. The number of aliphatic hydroxyl groups is 1. The summed E-state index contributed by atoms with van der Waals surface area (Å²) in [6.07, 6.45) is 67.9. The molecule has 0 aromatic carbocycles. The predicted molar refractivity (Wildman–Crippen MR) is 409 cm³/mol. The Balaban J connectivity index is 5.21. The molecule has 0 aliphatic carbocycles. The molecular weight excluding hydrogens is 1310 g/mol. The maximum Gasteiger partial charge on any atom is 0.472 e. The van der Waals surface area contributed by atoms with Crippen LogP contribution in [-0.2, 0) is 65.4 Å². The van der Waals surface area contributed by atoms with E-state index < -0.39 is 97.5 Å². The summed E-state index contributed by atoms with van der Waals surface area (Å²) in [4.78, 5) is 73.0. The van der Waals surface area contributed by atoms with Gasteiger partial charge in [-0.3, -0.25) is 37.3 Å². The number of aliphatic hydroxyl groups excluding tert-OH is 1. The Bertz CT molecular complexity index is 1890. The van der Waals surface area contributed by atoms with Gasteiger partial charge in [-0.25, -0.2) is 9.13 Å². The molecule has 0 amide bonds. The maximum atomic E-state index is 13.1. The monoisotopic (exact) mass is 1470 g/mol. The lowest BCUT2D eigenvalue weighted by molar-refractivity contribution is -0.161. The van der Waals surface area contributed by atoms with Crippen LogP contribution in [0.3, 0.4) is 0 Å². The van der Waals surface area contributed by atoms with Crippen LogP contribution in [0.4, 0.5) is 0 Å². The lowest BCUT2D eigenvalue weighted by Gasteiger charge is -2.21. The standard InChI is InChI=1S/C81H158O17P2/c1-5-9-13-17-21-25-28-31-34-37-38-39-42-45-48-52-56-60-64-68-81(86)98-77(72-92-79(84)66-62-58-54-50-46-43-40-35-32-29-26-22-18-14-10-6-2)74-96-100(89,90)94-70-75(82)69-93-99(87,88)95-73-76(71-91-78(83)65-61-57-53-49-24-20-16-12-8-4)97-80(85)67-63-59-55-51-47-44-41-36-33-30-27-23-19-15-11-7-3/h75-77,82H,5-74H2,1-4H3,(H,87,88)(H,89,90)/t75-,76+,77+/m0/s1. The largest absolute Gasteiger partial charge is 0.472 e.